The Morgan fingerprint density at radius 3 is 2.40 bits per heavy atom. The minimum Gasteiger partial charge on any atom is -0.481 e. The van der Waals surface area contributed by atoms with E-state index in [-0.39, 0.29) is 11.5 Å². The van der Waals surface area contributed by atoms with Gasteiger partial charge in [-0.05, 0) is 12.0 Å². The fourth-order valence-corrected chi connectivity index (χ4v) is 1.54. The van der Waals surface area contributed by atoms with E-state index in [1.165, 1.54) is 12.1 Å². The zero-order valence-electron chi connectivity index (χ0n) is 8.50. The maximum absolute atomic E-state index is 13.3. The Morgan fingerprint density at radius 1 is 1.33 bits per heavy atom. The van der Waals surface area contributed by atoms with E-state index in [4.69, 9.17) is 5.11 Å². The summed E-state index contributed by atoms with van der Waals surface area (Å²) in [6, 6.07) is 3.58. The van der Waals surface area contributed by atoms with Gasteiger partial charge in [0.05, 0.1) is 5.92 Å². The average molecular weight is 214 g/mol. The fraction of sp³-hybridized carbons (Fsp3) is 0.364. The average Bonchev–Trinajstić information content (AvgIpc) is 2.11. The summed E-state index contributed by atoms with van der Waals surface area (Å²) in [5.74, 6) is -4.54. The van der Waals surface area contributed by atoms with E-state index < -0.39 is 23.5 Å². The van der Waals surface area contributed by atoms with Gasteiger partial charge in [-0.15, -0.1) is 0 Å². The van der Waals surface area contributed by atoms with Gasteiger partial charge in [-0.25, -0.2) is 8.78 Å². The van der Waals surface area contributed by atoms with Crippen molar-refractivity contribution < 1.29 is 18.7 Å². The molecule has 2 nitrogen and oxygen atoms in total. The molecular weight excluding hydrogens is 202 g/mol. The van der Waals surface area contributed by atoms with Crippen molar-refractivity contribution in [1.82, 2.24) is 0 Å². The lowest BCUT2D eigenvalue weighted by Crippen LogP contribution is -2.19. The molecule has 0 saturated carbocycles. The highest BCUT2D eigenvalue weighted by atomic mass is 19.2. The molecule has 0 aliphatic heterocycles. The molecule has 1 N–H and O–H groups in total. The number of hydrogen-bond donors (Lipinski definition) is 1. The second-order valence-electron chi connectivity index (χ2n) is 3.70. The first kappa shape index (κ1) is 11.6. The first-order chi connectivity index (χ1) is 6.95. The number of benzene rings is 1. The minimum atomic E-state index is -1.14. The standard InChI is InChI=1S/C11H12F2O2/c1-6(2)9(11(14)15)7-4-3-5-8(12)10(7)13/h3-6,9H,1-2H3,(H,14,15)/t9-/m1/s1. The van der Waals surface area contributed by atoms with Crippen molar-refractivity contribution in [3.63, 3.8) is 0 Å². The second-order valence-corrected chi connectivity index (χ2v) is 3.70. The minimum absolute atomic E-state index is 0.0995. The molecule has 15 heavy (non-hydrogen) atoms. The number of carbonyl (C=O) groups is 1. The third kappa shape index (κ3) is 2.32. The Hall–Kier alpha value is -1.45. The normalized spacial score (nSPS) is 12.9. The van der Waals surface area contributed by atoms with Crippen LogP contribution in [0.4, 0.5) is 8.78 Å². The van der Waals surface area contributed by atoms with Crippen LogP contribution in [-0.4, -0.2) is 11.1 Å². The Kier molecular flexibility index (Phi) is 3.39. The molecule has 4 heteroatoms. The van der Waals surface area contributed by atoms with Crippen LogP contribution >= 0.6 is 0 Å². The summed E-state index contributed by atoms with van der Waals surface area (Å²) in [4.78, 5) is 10.9. The Labute approximate surface area is 86.5 Å². The summed E-state index contributed by atoms with van der Waals surface area (Å²) in [6.45, 7) is 3.31. The summed E-state index contributed by atoms with van der Waals surface area (Å²) in [5.41, 5.74) is -0.0995. The molecule has 0 aromatic heterocycles. The van der Waals surface area contributed by atoms with Gasteiger partial charge in [0, 0.05) is 5.56 Å². The third-order valence-corrected chi connectivity index (χ3v) is 2.25. The van der Waals surface area contributed by atoms with Gasteiger partial charge in [-0.1, -0.05) is 26.0 Å². The molecule has 0 spiro atoms. The summed E-state index contributed by atoms with van der Waals surface area (Å²) < 4.78 is 26.2. The van der Waals surface area contributed by atoms with Gasteiger partial charge in [0.25, 0.3) is 0 Å². The van der Waals surface area contributed by atoms with E-state index in [0.29, 0.717) is 0 Å². The molecule has 0 fully saturated rings. The van der Waals surface area contributed by atoms with Gasteiger partial charge in [-0.3, -0.25) is 4.79 Å². The summed E-state index contributed by atoms with van der Waals surface area (Å²) in [7, 11) is 0. The van der Waals surface area contributed by atoms with Crippen LogP contribution in [0.3, 0.4) is 0 Å². The number of rotatable bonds is 3. The molecule has 0 saturated heterocycles. The van der Waals surface area contributed by atoms with Gasteiger partial charge in [0.1, 0.15) is 0 Å². The Bertz CT molecular complexity index is 375. The first-order valence-corrected chi connectivity index (χ1v) is 4.62. The van der Waals surface area contributed by atoms with E-state index >= 15 is 0 Å². The molecule has 1 rings (SSSR count). The lowest BCUT2D eigenvalue weighted by atomic mass is 9.88. The van der Waals surface area contributed by atoms with E-state index in [0.717, 1.165) is 6.07 Å². The molecule has 0 amide bonds. The maximum Gasteiger partial charge on any atom is 0.311 e. The SMILES string of the molecule is CC(C)[C@@H](C(=O)O)c1cccc(F)c1F. The maximum atomic E-state index is 13.3. The molecule has 0 aliphatic carbocycles. The van der Waals surface area contributed by atoms with Gasteiger partial charge < -0.3 is 5.11 Å². The van der Waals surface area contributed by atoms with Crippen molar-refractivity contribution >= 4 is 5.97 Å². The van der Waals surface area contributed by atoms with Crippen LogP contribution in [0.2, 0.25) is 0 Å². The van der Waals surface area contributed by atoms with Crippen molar-refractivity contribution in [3.05, 3.63) is 35.4 Å². The van der Waals surface area contributed by atoms with Crippen LogP contribution in [0.5, 0.6) is 0 Å². The highest BCUT2D eigenvalue weighted by Crippen LogP contribution is 2.27. The van der Waals surface area contributed by atoms with Gasteiger partial charge in [0.2, 0.25) is 0 Å². The third-order valence-electron chi connectivity index (χ3n) is 2.25. The fourth-order valence-electron chi connectivity index (χ4n) is 1.54. The van der Waals surface area contributed by atoms with E-state index in [1.807, 2.05) is 0 Å². The van der Waals surface area contributed by atoms with Crippen LogP contribution in [-0.2, 0) is 4.79 Å². The monoisotopic (exact) mass is 214 g/mol. The highest BCUT2D eigenvalue weighted by molar-refractivity contribution is 5.76. The zero-order valence-corrected chi connectivity index (χ0v) is 8.50. The smallest absolute Gasteiger partial charge is 0.311 e. The molecule has 82 valence electrons. The van der Waals surface area contributed by atoms with Crippen molar-refractivity contribution in [2.45, 2.75) is 19.8 Å². The largest absolute Gasteiger partial charge is 0.481 e. The lowest BCUT2D eigenvalue weighted by Gasteiger charge is -2.17. The summed E-state index contributed by atoms with van der Waals surface area (Å²) in [5, 5.41) is 8.92. The second kappa shape index (κ2) is 4.38. The van der Waals surface area contributed by atoms with E-state index in [1.54, 1.807) is 13.8 Å². The van der Waals surface area contributed by atoms with Crippen LogP contribution in [0.25, 0.3) is 0 Å². The molecule has 0 aliphatic rings. The molecule has 0 unspecified atom stereocenters. The van der Waals surface area contributed by atoms with Crippen molar-refractivity contribution in [3.8, 4) is 0 Å². The quantitative estimate of drug-likeness (QED) is 0.840. The molecule has 1 aromatic rings. The predicted molar refractivity (Wildman–Crippen MR) is 51.6 cm³/mol. The van der Waals surface area contributed by atoms with Gasteiger partial charge in [-0.2, -0.15) is 0 Å². The number of aliphatic carboxylic acids is 1. The lowest BCUT2D eigenvalue weighted by molar-refractivity contribution is -0.139. The number of carboxylic acid groups (broad SMARTS) is 1. The Balaban J connectivity index is 3.23. The topological polar surface area (TPSA) is 37.3 Å². The molecule has 0 bridgehead atoms. The number of halogens is 2. The van der Waals surface area contributed by atoms with Crippen LogP contribution < -0.4 is 0 Å². The zero-order chi connectivity index (χ0) is 11.6. The van der Waals surface area contributed by atoms with Crippen LogP contribution in [0.1, 0.15) is 25.3 Å². The molecule has 1 aromatic carbocycles. The van der Waals surface area contributed by atoms with Crippen molar-refractivity contribution in [1.29, 1.82) is 0 Å². The predicted octanol–water partition coefficient (Wildman–Crippen LogP) is 2.79. The molecule has 0 radical (unpaired) electrons. The van der Waals surface area contributed by atoms with E-state index in [2.05, 4.69) is 0 Å². The van der Waals surface area contributed by atoms with Gasteiger partial charge >= 0.3 is 5.97 Å². The van der Waals surface area contributed by atoms with Crippen molar-refractivity contribution in [2.24, 2.45) is 5.92 Å². The van der Waals surface area contributed by atoms with E-state index in [9.17, 15) is 13.6 Å². The Morgan fingerprint density at radius 2 is 1.93 bits per heavy atom. The number of carboxylic acids is 1. The first-order valence-electron chi connectivity index (χ1n) is 4.62. The summed E-state index contributed by atoms with van der Waals surface area (Å²) >= 11 is 0. The summed E-state index contributed by atoms with van der Waals surface area (Å²) in [6.07, 6.45) is 0. The van der Waals surface area contributed by atoms with Gasteiger partial charge in [0.15, 0.2) is 11.6 Å². The highest BCUT2D eigenvalue weighted by Gasteiger charge is 2.27. The van der Waals surface area contributed by atoms with Crippen molar-refractivity contribution in [2.75, 3.05) is 0 Å². The van der Waals surface area contributed by atoms with Crippen LogP contribution in [0.15, 0.2) is 18.2 Å². The molecule has 1 atom stereocenters. The molecule has 0 heterocycles. The number of hydrogen-bond acceptors (Lipinski definition) is 1. The van der Waals surface area contributed by atoms with Crippen LogP contribution in [0, 0.1) is 17.6 Å². The molecular formula is C11H12F2O2.